The van der Waals surface area contributed by atoms with Crippen LogP contribution in [0.2, 0.25) is 0 Å². The first-order chi connectivity index (χ1) is 9.90. The summed E-state index contributed by atoms with van der Waals surface area (Å²) in [6, 6.07) is 0. The van der Waals surface area contributed by atoms with Crippen LogP contribution in [0.25, 0.3) is 0 Å². The number of nitrogens with one attached hydrogen (secondary N) is 2. The Bertz CT molecular complexity index is 436. The van der Waals surface area contributed by atoms with Crippen molar-refractivity contribution in [2.45, 2.75) is 70.8 Å². The van der Waals surface area contributed by atoms with Crippen LogP contribution in [0.1, 0.15) is 65.2 Å². The van der Waals surface area contributed by atoms with Crippen molar-refractivity contribution in [1.29, 1.82) is 0 Å². The quantitative estimate of drug-likeness (QED) is 0.821. The summed E-state index contributed by atoms with van der Waals surface area (Å²) in [5.74, 6) is 1.38. The average molecular weight is 290 g/mol. The maximum Gasteiger partial charge on any atom is 0.224 e. The molecule has 3 nitrogen and oxygen atoms in total. The van der Waals surface area contributed by atoms with Gasteiger partial charge in [0, 0.05) is 12.1 Å². The molecular formula is C18H30N2O. The topological polar surface area (TPSA) is 41.1 Å². The minimum absolute atomic E-state index is 0.122. The third kappa shape index (κ3) is 2.42. The smallest absolute Gasteiger partial charge is 0.224 e. The van der Waals surface area contributed by atoms with Crippen molar-refractivity contribution in [2.24, 2.45) is 22.7 Å². The highest BCUT2D eigenvalue weighted by atomic mass is 16.2. The molecule has 0 aromatic heterocycles. The van der Waals surface area contributed by atoms with Crippen LogP contribution in [0, 0.1) is 22.7 Å². The molecule has 0 radical (unpaired) electrons. The monoisotopic (exact) mass is 290 g/mol. The fourth-order valence-electron chi connectivity index (χ4n) is 7.03. The van der Waals surface area contributed by atoms with Crippen molar-refractivity contribution >= 4 is 5.91 Å². The normalized spacial score (nSPS) is 51.9. The fraction of sp³-hybridized carbons (Fsp3) is 0.944. The van der Waals surface area contributed by atoms with Gasteiger partial charge < -0.3 is 10.6 Å². The number of rotatable bonds is 2. The zero-order chi connectivity index (χ0) is 14.7. The molecule has 2 N–H and O–H groups in total. The van der Waals surface area contributed by atoms with Crippen LogP contribution in [0.4, 0.5) is 0 Å². The van der Waals surface area contributed by atoms with E-state index in [1.807, 2.05) is 0 Å². The minimum atomic E-state index is 0.122. The van der Waals surface area contributed by atoms with E-state index in [2.05, 4.69) is 24.5 Å². The first kappa shape index (κ1) is 14.0. The summed E-state index contributed by atoms with van der Waals surface area (Å²) in [5, 5.41) is 6.94. The summed E-state index contributed by atoms with van der Waals surface area (Å²) >= 11 is 0. The minimum Gasteiger partial charge on any atom is -0.350 e. The summed E-state index contributed by atoms with van der Waals surface area (Å²) in [4.78, 5) is 12.7. The van der Waals surface area contributed by atoms with E-state index >= 15 is 0 Å². The Hall–Kier alpha value is -0.570. The van der Waals surface area contributed by atoms with E-state index in [-0.39, 0.29) is 11.5 Å². The molecule has 1 aliphatic heterocycles. The zero-order valence-corrected chi connectivity index (χ0v) is 13.6. The molecule has 1 amide bonds. The van der Waals surface area contributed by atoms with Gasteiger partial charge in [0.1, 0.15) is 0 Å². The molecule has 3 unspecified atom stereocenters. The first-order valence-electron chi connectivity index (χ1n) is 8.92. The molecule has 1 saturated heterocycles. The molecule has 4 bridgehead atoms. The third-order valence-corrected chi connectivity index (χ3v) is 6.68. The summed E-state index contributed by atoms with van der Waals surface area (Å²) in [7, 11) is 0. The Balaban J connectivity index is 1.52. The van der Waals surface area contributed by atoms with Crippen molar-refractivity contribution in [3.63, 3.8) is 0 Å². The van der Waals surface area contributed by atoms with Gasteiger partial charge in [-0.2, -0.15) is 0 Å². The maximum absolute atomic E-state index is 12.7. The van der Waals surface area contributed by atoms with Crippen LogP contribution in [-0.4, -0.2) is 24.5 Å². The van der Waals surface area contributed by atoms with Crippen molar-refractivity contribution in [3.05, 3.63) is 0 Å². The molecule has 5 fully saturated rings. The van der Waals surface area contributed by atoms with Gasteiger partial charge >= 0.3 is 0 Å². The van der Waals surface area contributed by atoms with Gasteiger partial charge in [-0.3, -0.25) is 4.79 Å². The Morgan fingerprint density at radius 1 is 1.10 bits per heavy atom. The van der Waals surface area contributed by atoms with Crippen molar-refractivity contribution in [1.82, 2.24) is 10.6 Å². The van der Waals surface area contributed by atoms with Crippen LogP contribution in [0.5, 0.6) is 0 Å². The Morgan fingerprint density at radius 2 is 1.81 bits per heavy atom. The van der Waals surface area contributed by atoms with E-state index in [0.717, 1.165) is 31.8 Å². The molecule has 118 valence electrons. The van der Waals surface area contributed by atoms with Crippen molar-refractivity contribution < 1.29 is 4.79 Å². The highest BCUT2D eigenvalue weighted by Crippen LogP contribution is 2.66. The molecule has 5 rings (SSSR count). The van der Waals surface area contributed by atoms with Gasteiger partial charge in [-0.25, -0.2) is 0 Å². The van der Waals surface area contributed by atoms with Gasteiger partial charge in [0.15, 0.2) is 0 Å². The van der Waals surface area contributed by atoms with E-state index < -0.39 is 0 Å². The Morgan fingerprint density at radius 3 is 2.38 bits per heavy atom. The van der Waals surface area contributed by atoms with Crippen molar-refractivity contribution in [3.8, 4) is 0 Å². The van der Waals surface area contributed by atoms with Crippen LogP contribution in [0.15, 0.2) is 0 Å². The lowest BCUT2D eigenvalue weighted by Crippen LogP contribution is -2.66. The standard InChI is InChI=1S/C18H30N2O/c1-16-6-13-7-17(2,10-16)12-18(8-13,11-16)20-15(21)14-4-3-5-19-9-14/h13-14,19H,3-12H2,1-2H3,(H,20,21). The molecule has 0 aromatic rings. The third-order valence-electron chi connectivity index (χ3n) is 6.68. The SMILES string of the molecule is CC12CC3CC(C)(C1)CC(NC(=O)C1CCCNC1)(C3)C2. The van der Waals surface area contributed by atoms with Gasteiger partial charge in [-0.1, -0.05) is 13.8 Å². The lowest BCUT2D eigenvalue weighted by atomic mass is 9.42. The Kier molecular flexibility index (Phi) is 2.99. The maximum atomic E-state index is 12.7. The lowest BCUT2D eigenvalue weighted by Gasteiger charge is -2.65. The lowest BCUT2D eigenvalue weighted by molar-refractivity contribution is -0.143. The van der Waals surface area contributed by atoms with Crippen LogP contribution in [0.3, 0.4) is 0 Å². The second kappa shape index (κ2) is 4.47. The number of piperidine rings is 1. The molecule has 4 saturated carbocycles. The number of amides is 1. The van der Waals surface area contributed by atoms with E-state index in [0.29, 0.717) is 16.7 Å². The molecule has 1 heterocycles. The van der Waals surface area contributed by atoms with E-state index in [4.69, 9.17) is 0 Å². The first-order valence-corrected chi connectivity index (χ1v) is 8.92. The van der Waals surface area contributed by atoms with Gasteiger partial charge in [0.05, 0.1) is 5.92 Å². The van der Waals surface area contributed by atoms with Gasteiger partial charge in [-0.15, -0.1) is 0 Å². The summed E-state index contributed by atoms with van der Waals surface area (Å²) < 4.78 is 0. The molecule has 3 atom stereocenters. The van der Waals surface area contributed by atoms with Gasteiger partial charge in [0.2, 0.25) is 5.91 Å². The predicted molar refractivity (Wildman–Crippen MR) is 83.9 cm³/mol. The number of hydrogen-bond donors (Lipinski definition) is 2. The fourth-order valence-corrected chi connectivity index (χ4v) is 7.03. The summed E-state index contributed by atoms with van der Waals surface area (Å²) in [5.41, 5.74) is 1.08. The molecule has 5 aliphatic rings. The molecule has 0 aromatic carbocycles. The average Bonchev–Trinajstić information content (AvgIpc) is 2.34. The van der Waals surface area contributed by atoms with E-state index in [1.165, 1.54) is 38.5 Å². The second-order valence-electron chi connectivity index (χ2n) is 9.44. The summed E-state index contributed by atoms with van der Waals surface area (Å²) in [6.07, 6.45) is 10.0. The molecule has 3 heteroatoms. The highest BCUT2D eigenvalue weighted by Gasteiger charge is 2.60. The predicted octanol–water partition coefficient (Wildman–Crippen LogP) is 2.85. The second-order valence-corrected chi connectivity index (χ2v) is 9.44. The zero-order valence-electron chi connectivity index (χ0n) is 13.6. The van der Waals surface area contributed by atoms with Crippen LogP contribution >= 0.6 is 0 Å². The van der Waals surface area contributed by atoms with Gasteiger partial charge in [0.25, 0.3) is 0 Å². The highest BCUT2D eigenvalue weighted by molar-refractivity contribution is 5.80. The van der Waals surface area contributed by atoms with E-state index in [9.17, 15) is 4.79 Å². The largest absolute Gasteiger partial charge is 0.350 e. The molecule has 0 spiro atoms. The molecular weight excluding hydrogens is 260 g/mol. The van der Waals surface area contributed by atoms with Crippen LogP contribution in [-0.2, 0) is 4.79 Å². The Labute approximate surface area is 128 Å². The summed E-state index contributed by atoms with van der Waals surface area (Å²) in [6.45, 7) is 6.89. The van der Waals surface area contributed by atoms with E-state index in [1.54, 1.807) is 0 Å². The number of carbonyl (C=O) groups excluding carboxylic acids is 1. The van der Waals surface area contributed by atoms with Gasteiger partial charge in [-0.05, 0) is 74.7 Å². The molecule has 21 heavy (non-hydrogen) atoms. The van der Waals surface area contributed by atoms with Crippen molar-refractivity contribution in [2.75, 3.05) is 13.1 Å². The number of hydrogen-bond acceptors (Lipinski definition) is 2. The number of carbonyl (C=O) groups is 1. The molecule has 4 aliphatic carbocycles. The van der Waals surface area contributed by atoms with Crippen LogP contribution < -0.4 is 10.6 Å².